The Balaban J connectivity index is 0.000000317. The average Bonchev–Trinajstić information content (AvgIpc) is 3.43. The molecule has 4 aliphatic rings. The van der Waals surface area contributed by atoms with Gasteiger partial charge in [-0.1, -0.05) is 41.5 Å². The van der Waals surface area contributed by atoms with E-state index in [0.29, 0.717) is 12.8 Å². The Morgan fingerprint density at radius 3 is 0.958 bits per heavy atom. The topological polar surface area (TPSA) is 91.7 Å². The van der Waals surface area contributed by atoms with Gasteiger partial charge in [0.05, 0.1) is 0 Å². The molecule has 5 nitrogen and oxygen atoms in total. The first-order valence-corrected chi connectivity index (χ1v) is 14.4. The first-order chi connectivity index (χ1) is 21.1. The molecule has 0 amide bonds. The zero-order valence-corrected chi connectivity index (χ0v) is 27.2. The van der Waals surface area contributed by atoms with Crippen LogP contribution in [0.15, 0.2) is 22.7 Å². The Bertz CT molecular complexity index is 1310. The van der Waals surface area contributed by atoms with Gasteiger partial charge in [-0.2, -0.15) is 61.5 Å². The van der Waals surface area contributed by atoms with E-state index in [0.717, 1.165) is 17.4 Å². The fraction of sp³-hybridized carbons (Fsp3) is 0.786. The second-order valence-electron chi connectivity index (χ2n) is 13.8. The van der Waals surface area contributed by atoms with Crippen molar-refractivity contribution in [1.29, 1.82) is 0 Å². The number of carbonyl (C=O) groups excluding carboxylic acids is 2. The van der Waals surface area contributed by atoms with Gasteiger partial charge in [-0.3, -0.25) is 9.59 Å². The normalized spacial score (nSPS) is 32.0. The number of allylic oxidation sites excluding steroid dienone is 4. The number of carbonyl (C=O) groups is 2. The van der Waals surface area contributed by atoms with Crippen molar-refractivity contribution in [3.63, 3.8) is 0 Å². The van der Waals surface area contributed by atoms with Crippen molar-refractivity contribution in [2.45, 2.75) is 103 Å². The number of alkyl halides is 14. The van der Waals surface area contributed by atoms with E-state index in [4.69, 9.17) is 3.67 Å². The summed E-state index contributed by atoms with van der Waals surface area (Å²) in [6.45, 7) is 9.06. The number of aliphatic hydroxyl groups is 2. The van der Waals surface area contributed by atoms with E-state index in [1.807, 2.05) is 0 Å². The van der Waals surface area contributed by atoms with E-state index in [9.17, 15) is 81.3 Å². The van der Waals surface area contributed by atoms with E-state index in [1.54, 1.807) is 27.7 Å². The SMILES string of the molecule is CC1(C)[C@@H]2CC[C@@]1(C)C(=O)/C2=C(/O)C(F)(F)C(F)(F)C(F)(F)F.CC1(C)[C@@H]2CC[C@@]1(C)C(=O)/C2=C(\O)C(F)(F)C(F)(F)C(F)(F)F.[O]=[V]. The molecule has 4 rings (SSSR count). The van der Waals surface area contributed by atoms with Crippen LogP contribution in [0, 0.1) is 33.5 Å². The molecule has 0 aromatic heterocycles. The van der Waals surface area contributed by atoms with Gasteiger partial charge < -0.3 is 10.2 Å². The first-order valence-electron chi connectivity index (χ1n) is 13.9. The molecule has 4 aliphatic carbocycles. The zero-order valence-electron chi connectivity index (χ0n) is 25.8. The Labute approximate surface area is 273 Å². The molecule has 4 bridgehead atoms. The van der Waals surface area contributed by atoms with Gasteiger partial charge in [0.25, 0.3) is 0 Å². The number of aliphatic hydroxyl groups excluding tert-OH is 2. The molecule has 4 fully saturated rings. The molecule has 275 valence electrons. The summed E-state index contributed by atoms with van der Waals surface area (Å²) < 4.78 is 189. The quantitative estimate of drug-likeness (QED) is 0.169. The van der Waals surface area contributed by atoms with Crippen LogP contribution in [0.5, 0.6) is 0 Å². The molecule has 0 heterocycles. The summed E-state index contributed by atoms with van der Waals surface area (Å²) >= 11 is 1.06. The standard InChI is InChI=1S/2C14H15F7O2.O.V/c2*1-10(2)6-4-5-11(10,3)8(22)7(6)9(23)12(15,16)13(17,18)14(19,20)21;;/h2*6,23H,4-5H2,1-3H3;;/b9-7+;9-7-;;/t2*6-,11+;;/m11../s1. The molecule has 0 aromatic rings. The van der Waals surface area contributed by atoms with Gasteiger partial charge in [0.15, 0.2) is 23.1 Å². The van der Waals surface area contributed by atoms with Crippen LogP contribution in [-0.2, 0) is 30.6 Å². The minimum atomic E-state index is -6.56. The number of halogens is 14. The van der Waals surface area contributed by atoms with E-state index >= 15 is 0 Å². The predicted octanol–water partition coefficient (Wildman–Crippen LogP) is 9.19. The Morgan fingerprint density at radius 1 is 0.562 bits per heavy atom. The average molecular weight is 763 g/mol. The summed E-state index contributed by atoms with van der Waals surface area (Å²) in [7, 11) is 0. The fourth-order valence-corrected chi connectivity index (χ4v) is 7.27. The molecule has 0 aliphatic heterocycles. The van der Waals surface area contributed by atoms with Crippen molar-refractivity contribution < 1.29 is 102 Å². The second-order valence-corrected chi connectivity index (χ2v) is 13.8. The number of Topliss-reactive ketones (excluding diaryl/α,β-unsaturated/α-hetero) is 2. The molecular formula is C28H30F14O5V. The second kappa shape index (κ2) is 11.7. The van der Waals surface area contributed by atoms with Crippen LogP contribution in [0.3, 0.4) is 0 Å². The Morgan fingerprint density at radius 2 is 0.792 bits per heavy atom. The van der Waals surface area contributed by atoms with Gasteiger partial charge in [-0.05, 0) is 48.3 Å². The van der Waals surface area contributed by atoms with Crippen LogP contribution < -0.4 is 0 Å². The predicted molar refractivity (Wildman–Crippen MR) is 131 cm³/mol. The van der Waals surface area contributed by atoms with Crippen LogP contribution in [0.25, 0.3) is 0 Å². The summed E-state index contributed by atoms with van der Waals surface area (Å²) in [5.74, 6) is -33.7. The van der Waals surface area contributed by atoms with E-state index in [-0.39, 0.29) is 12.8 Å². The Hall–Kier alpha value is -2.18. The van der Waals surface area contributed by atoms with Gasteiger partial charge in [-0.15, -0.1) is 0 Å². The van der Waals surface area contributed by atoms with E-state index in [2.05, 4.69) is 0 Å². The summed E-state index contributed by atoms with van der Waals surface area (Å²) in [5, 5.41) is 19.1. The van der Waals surface area contributed by atoms with Gasteiger partial charge in [0, 0.05) is 22.0 Å². The maximum absolute atomic E-state index is 13.7. The summed E-state index contributed by atoms with van der Waals surface area (Å²) in [6.07, 6.45) is -12.2. The van der Waals surface area contributed by atoms with Gasteiger partial charge in [-0.25, -0.2) is 0 Å². The maximum atomic E-state index is 13.7. The van der Waals surface area contributed by atoms with Crippen molar-refractivity contribution in [3.05, 3.63) is 22.7 Å². The first kappa shape index (κ1) is 42.0. The molecule has 0 aromatic carbocycles. The van der Waals surface area contributed by atoms with Crippen molar-refractivity contribution in [2.24, 2.45) is 33.5 Å². The van der Waals surface area contributed by atoms with Gasteiger partial charge >= 0.3 is 57.1 Å². The molecule has 0 saturated heterocycles. The van der Waals surface area contributed by atoms with Crippen molar-refractivity contribution in [2.75, 3.05) is 0 Å². The summed E-state index contributed by atoms with van der Waals surface area (Å²) in [4.78, 5) is 24.6. The van der Waals surface area contributed by atoms with Crippen molar-refractivity contribution in [1.82, 2.24) is 0 Å². The minimum absolute atomic E-state index is 0.155. The van der Waals surface area contributed by atoms with Crippen LogP contribution in [0.2, 0.25) is 0 Å². The number of fused-ring (bicyclic) bond motifs is 4. The van der Waals surface area contributed by atoms with Gasteiger partial charge in [0.2, 0.25) is 0 Å². The third-order valence-electron chi connectivity index (χ3n) is 11.2. The van der Waals surface area contributed by atoms with Crippen LogP contribution >= 0.6 is 0 Å². The number of hydrogen-bond acceptors (Lipinski definition) is 5. The third kappa shape index (κ3) is 5.24. The molecule has 4 atom stereocenters. The Kier molecular flexibility index (Phi) is 10.2. The van der Waals surface area contributed by atoms with E-state index in [1.165, 1.54) is 13.8 Å². The number of rotatable bonds is 4. The molecule has 0 radical (unpaired) electrons. The molecular weight excluding hydrogens is 733 g/mol. The fourth-order valence-electron chi connectivity index (χ4n) is 7.27. The summed E-state index contributed by atoms with van der Waals surface area (Å²) in [5.41, 5.74) is -6.20. The number of ketones is 2. The van der Waals surface area contributed by atoms with Crippen LogP contribution in [0.1, 0.15) is 67.2 Å². The van der Waals surface area contributed by atoms with E-state index < -0.39 is 104 Å². The molecule has 0 spiro atoms. The molecule has 20 heteroatoms. The van der Waals surface area contributed by atoms with Gasteiger partial charge in [0.1, 0.15) is 0 Å². The molecule has 0 unspecified atom stereocenters. The monoisotopic (exact) mass is 763 g/mol. The molecule has 48 heavy (non-hydrogen) atoms. The third-order valence-corrected chi connectivity index (χ3v) is 11.2. The van der Waals surface area contributed by atoms with Crippen LogP contribution in [-0.4, -0.2) is 57.8 Å². The zero-order chi connectivity index (χ0) is 38.4. The molecule has 4 saturated carbocycles. The van der Waals surface area contributed by atoms with Crippen LogP contribution in [0.4, 0.5) is 61.5 Å². The van der Waals surface area contributed by atoms with Crippen molar-refractivity contribution in [3.8, 4) is 0 Å². The van der Waals surface area contributed by atoms with Crippen molar-refractivity contribution >= 4 is 11.6 Å². The number of hydrogen-bond donors (Lipinski definition) is 2. The summed E-state index contributed by atoms with van der Waals surface area (Å²) in [6, 6.07) is 0. The molecule has 2 N–H and O–H groups in total.